The van der Waals surface area contributed by atoms with Crippen LogP contribution in [0, 0.1) is 0 Å². The average molecular weight is 299 g/mol. The molecule has 3 N–H and O–H groups in total. The van der Waals surface area contributed by atoms with E-state index in [1.807, 2.05) is 0 Å². The Morgan fingerprint density at radius 2 is 2.05 bits per heavy atom. The lowest BCUT2D eigenvalue weighted by atomic mass is 10.2. The SMILES string of the molecule is CCCCCOCCCC(=O)Nc1ccc(Cl)cc1N. The summed E-state index contributed by atoms with van der Waals surface area (Å²) in [5, 5.41) is 3.33. The summed E-state index contributed by atoms with van der Waals surface area (Å²) in [6.07, 6.45) is 4.61. The van der Waals surface area contributed by atoms with Crippen molar-refractivity contribution in [2.75, 3.05) is 24.3 Å². The van der Waals surface area contributed by atoms with Crippen molar-refractivity contribution in [2.45, 2.75) is 39.0 Å². The van der Waals surface area contributed by atoms with Crippen molar-refractivity contribution in [1.29, 1.82) is 0 Å². The van der Waals surface area contributed by atoms with E-state index >= 15 is 0 Å². The number of rotatable bonds is 9. The van der Waals surface area contributed by atoms with E-state index in [4.69, 9.17) is 22.1 Å². The number of hydrogen-bond donors (Lipinski definition) is 2. The molecule has 0 aliphatic rings. The number of carbonyl (C=O) groups is 1. The zero-order chi connectivity index (χ0) is 14.8. The maximum atomic E-state index is 11.7. The molecule has 0 aliphatic heterocycles. The number of nitrogen functional groups attached to an aromatic ring is 1. The summed E-state index contributed by atoms with van der Waals surface area (Å²) in [5.41, 5.74) is 6.84. The minimum Gasteiger partial charge on any atom is -0.397 e. The van der Waals surface area contributed by atoms with E-state index in [1.54, 1.807) is 18.2 Å². The molecule has 0 unspecified atom stereocenters. The first kappa shape index (κ1) is 16.8. The third-order valence-corrected chi connectivity index (χ3v) is 3.11. The molecule has 0 heterocycles. The Bertz CT molecular complexity index is 424. The van der Waals surface area contributed by atoms with Crippen LogP contribution in [0.3, 0.4) is 0 Å². The molecule has 0 saturated heterocycles. The fourth-order valence-corrected chi connectivity index (χ4v) is 1.93. The fourth-order valence-electron chi connectivity index (χ4n) is 1.75. The van der Waals surface area contributed by atoms with Crippen LogP contribution in [0.15, 0.2) is 18.2 Å². The number of unbranched alkanes of at least 4 members (excludes halogenated alkanes) is 2. The predicted octanol–water partition coefficient (Wildman–Crippen LogP) is 3.85. The van der Waals surface area contributed by atoms with Gasteiger partial charge >= 0.3 is 0 Å². The van der Waals surface area contributed by atoms with Gasteiger partial charge in [-0.15, -0.1) is 0 Å². The number of halogens is 1. The molecule has 20 heavy (non-hydrogen) atoms. The van der Waals surface area contributed by atoms with Crippen molar-refractivity contribution in [1.82, 2.24) is 0 Å². The zero-order valence-electron chi connectivity index (χ0n) is 12.0. The molecule has 1 amide bonds. The summed E-state index contributed by atoms with van der Waals surface area (Å²) < 4.78 is 5.45. The van der Waals surface area contributed by atoms with E-state index in [1.165, 1.54) is 12.8 Å². The monoisotopic (exact) mass is 298 g/mol. The first-order chi connectivity index (χ1) is 9.63. The molecular formula is C15H23ClN2O2. The van der Waals surface area contributed by atoms with Crippen LogP contribution in [0.25, 0.3) is 0 Å². The van der Waals surface area contributed by atoms with Crippen molar-refractivity contribution in [3.8, 4) is 0 Å². The highest BCUT2D eigenvalue weighted by Gasteiger charge is 2.05. The minimum absolute atomic E-state index is 0.0591. The van der Waals surface area contributed by atoms with Gasteiger partial charge in [0.15, 0.2) is 0 Å². The molecule has 1 aromatic rings. The molecule has 0 bridgehead atoms. The number of ether oxygens (including phenoxy) is 1. The van der Waals surface area contributed by atoms with Crippen LogP contribution in [0.5, 0.6) is 0 Å². The molecule has 0 fully saturated rings. The molecule has 5 heteroatoms. The highest BCUT2D eigenvalue weighted by atomic mass is 35.5. The summed E-state index contributed by atoms with van der Waals surface area (Å²) >= 11 is 5.80. The zero-order valence-corrected chi connectivity index (χ0v) is 12.7. The van der Waals surface area contributed by atoms with E-state index in [0.29, 0.717) is 35.8 Å². The van der Waals surface area contributed by atoms with Gasteiger partial charge in [-0.2, -0.15) is 0 Å². The van der Waals surface area contributed by atoms with E-state index in [2.05, 4.69) is 12.2 Å². The molecular weight excluding hydrogens is 276 g/mol. The largest absolute Gasteiger partial charge is 0.397 e. The quantitative estimate of drug-likeness (QED) is 0.537. The summed E-state index contributed by atoms with van der Waals surface area (Å²) in [6, 6.07) is 5.02. The number of hydrogen-bond acceptors (Lipinski definition) is 3. The molecule has 0 aromatic heterocycles. The van der Waals surface area contributed by atoms with Gasteiger partial charge in [0.25, 0.3) is 0 Å². The van der Waals surface area contributed by atoms with Crippen LogP contribution in [0.4, 0.5) is 11.4 Å². The lowest BCUT2D eigenvalue weighted by Gasteiger charge is -2.08. The minimum atomic E-state index is -0.0591. The van der Waals surface area contributed by atoms with Crippen molar-refractivity contribution < 1.29 is 9.53 Å². The summed E-state index contributed by atoms with van der Waals surface area (Å²) in [4.78, 5) is 11.7. The Morgan fingerprint density at radius 1 is 1.30 bits per heavy atom. The van der Waals surface area contributed by atoms with Gasteiger partial charge in [-0.3, -0.25) is 4.79 Å². The van der Waals surface area contributed by atoms with Crippen LogP contribution in [-0.4, -0.2) is 19.1 Å². The number of anilines is 2. The standard InChI is InChI=1S/C15H23ClN2O2/c1-2-3-4-9-20-10-5-6-15(19)18-14-8-7-12(16)11-13(14)17/h7-8,11H,2-6,9-10,17H2,1H3,(H,18,19). The maximum Gasteiger partial charge on any atom is 0.224 e. The normalized spacial score (nSPS) is 10.5. The topological polar surface area (TPSA) is 64.3 Å². The first-order valence-corrected chi connectivity index (χ1v) is 7.44. The van der Waals surface area contributed by atoms with Gasteiger partial charge in [0, 0.05) is 24.7 Å². The molecule has 1 aromatic carbocycles. The molecule has 112 valence electrons. The summed E-state index contributed by atoms with van der Waals surface area (Å²) in [6.45, 7) is 3.56. The smallest absolute Gasteiger partial charge is 0.224 e. The molecule has 0 saturated carbocycles. The van der Waals surface area contributed by atoms with Crippen LogP contribution >= 0.6 is 11.6 Å². The Kier molecular flexibility index (Phi) is 8.07. The van der Waals surface area contributed by atoms with E-state index in [9.17, 15) is 4.79 Å². The van der Waals surface area contributed by atoms with E-state index in [-0.39, 0.29) is 5.91 Å². The molecule has 0 aliphatic carbocycles. The van der Waals surface area contributed by atoms with Crippen molar-refractivity contribution in [2.24, 2.45) is 0 Å². The molecule has 0 radical (unpaired) electrons. The van der Waals surface area contributed by atoms with Crippen molar-refractivity contribution in [3.63, 3.8) is 0 Å². The van der Waals surface area contributed by atoms with E-state index in [0.717, 1.165) is 13.0 Å². The lowest BCUT2D eigenvalue weighted by molar-refractivity contribution is -0.116. The van der Waals surface area contributed by atoms with Gasteiger partial charge < -0.3 is 15.8 Å². The fraction of sp³-hybridized carbons (Fsp3) is 0.533. The Hall–Kier alpha value is -1.26. The second-order valence-electron chi connectivity index (χ2n) is 4.70. The third-order valence-electron chi connectivity index (χ3n) is 2.87. The molecule has 1 rings (SSSR count). The summed E-state index contributed by atoms with van der Waals surface area (Å²) in [7, 11) is 0. The van der Waals surface area contributed by atoms with Crippen LogP contribution in [0.2, 0.25) is 5.02 Å². The Balaban J connectivity index is 2.17. The number of nitrogens with two attached hydrogens (primary N) is 1. The van der Waals surface area contributed by atoms with Gasteiger partial charge in [0.1, 0.15) is 0 Å². The number of carbonyl (C=O) groups excluding carboxylic acids is 1. The number of nitrogens with one attached hydrogen (secondary N) is 1. The average Bonchev–Trinajstić information content (AvgIpc) is 2.41. The highest BCUT2D eigenvalue weighted by Crippen LogP contribution is 2.22. The van der Waals surface area contributed by atoms with Crippen LogP contribution in [0.1, 0.15) is 39.0 Å². The Labute approximate surface area is 125 Å². The van der Waals surface area contributed by atoms with Crippen LogP contribution < -0.4 is 11.1 Å². The van der Waals surface area contributed by atoms with Gasteiger partial charge in [0.05, 0.1) is 11.4 Å². The lowest BCUT2D eigenvalue weighted by Crippen LogP contribution is -2.13. The molecule has 0 spiro atoms. The second-order valence-corrected chi connectivity index (χ2v) is 5.14. The Morgan fingerprint density at radius 3 is 2.75 bits per heavy atom. The maximum absolute atomic E-state index is 11.7. The van der Waals surface area contributed by atoms with Gasteiger partial charge in [0.2, 0.25) is 5.91 Å². The molecule has 0 atom stereocenters. The number of amides is 1. The first-order valence-electron chi connectivity index (χ1n) is 7.06. The van der Waals surface area contributed by atoms with Gasteiger partial charge in [-0.25, -0.2) is 0 Å². The highest BCUT2D eigenvalue weighted by molar-refractivity contribution is 6.31. The van der Waals surface area contributed by atoms with Crippen LogP contribution in [-0.2, 0) is 9.53 Å². The van der Waals surface area contributed by atoms with E-state index < -0.39 is 0 Å². The third kappa shape index (κ3) is 6.78. The number of benzene rings is 1. The van der Waals surface area contributed by atoms with Gasteiger partial charge in [-0.05, 0) is 31.0 Å². The van der Waals surface area contributed by atoms with Crippen molar-refractivity contribution in [3.05, 3.63) is 23.2 Å². The molecule has 4 nitrogen and oxygen atoms in total. The second kappa shape index (κ2) is 9.61. The van der Waals surface area contributed by atoms with Gasteiger partial charge in [-0.1, -0.05) is 31.4 Å². The predicted molar refractivity (Wildman–Crippen MR) is 84.1 cm³/mol. The van der Waals surface area contributed by atoms with Crippen molar-refractivity contribution >= 4 is 28.9 Å². The summed E-state index contributed by atoms with van der Waals surface area (Å²) in [5.74, 6) is -0.0591.